The molecule has 0 aromatic carbocycles. The van der Waals surface area contributed by atoms with Gasteiger partial charge in [-0.25, -0.2) is 0 Å². The van der Waals surface area contributed by atoms with Crippen LogP contribution in [0.1, 0.15) is 19.3 Å². The molecule has 3 saturated carbocycles. The Kier molecular flexibility index (Phi) is 1.06. The van der Waals surface area contributed by atoms with Gasteiger partial charge >= 0.3 is 0 Å². The molecule has 3 aliphatic rings. The maximum absolute atomic E-state index is 9.93. The van der Waals surface area contributed by atoms with E-state index in [-0.39, 0.29) is 10.9 Å². The Balaban J connectivity index is 1.96. The van der Waals surface area contributed by atoms with Gasteiger partial charge in [0.15, 0.2) is 0 Å². The van der Waals surface area contributed by atoms with Crippen LogP contribution in [0.4, 0.5) is 0 Å². The Morgan fingerprint density at radius 1 is 1.36 bits per heavy atom. The lowest BCUT2D eigenvalue weighted by Crippen LogP contribution is -2.30. The second kappa shape index (κ2) is 1.64. The van der Waals surface area contributed by atoms with E-state index in [9.17, 15) is 5.11 Å². The first-order valence-electron chi connectivity index (χ1n) is 4.20. The van der Waals surface area contributed by atoms with Crippen molar-refractivity contribution in [3.8, 4) is 0 Å². The fraction of sp³-hybridized carbons (Fsp3) is 1.00. The van der Waals surface area contributed by atoms with Crippen LogP contribution in [0.2, 0.25) is 0 Å². The Morgan fingerprint density at radius 2 is 2.00 bits per heavy atom. The van der Waals surface area contributed by atoms with Crippen LogP contribution in [-0.4, -0.2) is 21.2 Å². The van der Waals surface area contributed by atoms with Gasteiger partial charge in [0.25, 0.3) is 0 Å². The van der Waals surface area contributed by atoms with Crippen LogP contribution in [0.25, 0.3) is 0 Å². The molecule has 3 rings (SSSR count). The molecule has 4 unspecified atom stereocenters. The molecule has 0 radical (unpaired) electrons. The summed E-state index contributed by atoms with van der Waals surface area (Å²) in [5.41, 5.74) is 0.297. The number of fused-ring (bicyclic) bond motifs is 1. The van der Waals surface area contributed by atoms with Gasteiger partial charge in [0, 0.05) is 5.25 Å². The molecule has 0 aromatic rings. The van der Waals surface area contributed by atoms with Crippen molar-refractivity contribution in [2.75, 3.05) is 0 Å². The van der Waals surface area contributed by atoms with Crippen molar-refractivity contribution in [2.24, 2.45) is 11.3 Å². The zero-order chi connectivity index (χ0) is 7.85. The Labute approximate surface area is 77.4 Å². The first-order valence-corrected chi connectivity index (χ1v) is 5.16. The van der Waals surface area contributed by atoms with Gasteiger partial charge in [-0.1, -0.05) is 0 Å². The third kappa shape index (κ3) is 0.595. The third-order valence-electron chi connectivity index (χ3n) is 3.88. The average Bonchev–Trinajstić information content (AvgIpc) is 2.82. The number of thiol groups is 2. The highest BCUT2D eigenvalue weighted by Crippen LogP contribution is 2.75. The highest BCUT2D eigenvalue weighted by atomic mass is 32.1. The Morgan fingerprint density at radius 3 is 2.36 bits per heavy atom. The minimum absolute atomic E-state index is 0.111. The summed E-state index contributed by atoms with van der Waals surface area (Å²) in [6.07, 6.45) is 3.43. The fourth-order valence-corrected chi connectivity index (χ4v) is 4.10. The van der Waals surface area contributed by atoms with E-state index < -0.39 is 0 Å². The predicted octanol–water partition coefficient (Wildman–Crippen LogP) is 1.13. The standard InChI is InChI=1S/C8H12OS2/c9-6-7(1-2-7)3-4-5(10)8(4,6)11/h4-6,9-11H,1-3H2. The molecular weight excluding hydrogens is 176 g/mol. The topological polar surface area (TPSA) is 20.2 Å². The van der Waals surface area contributed by atoms with Gasteiger partial charge in [0.2, 0.25) is 0 Å². The first-order chi connectivity index (χ1) is 5.11. The quantitative estimate of drug-likeness (QED) is 0.487. The molecule has 3 fully saturated rings. The van der Waals surface area contributed by atoms with E-state index in [4.69, 9.17) is 0 Å². The summed E-state index contributed by atoms with van der Waals surface area (Å²) in [5, 5.41) is 10.3. The highest BCUT2D eigenvalue weighted by Gasteiger charge is 2.78. The molecule has 4 atom stereocenters. The van der Waals surface area contributed by atoms with Crippen molar-refractivity contribution < 1.29 is 5.11 Å². The Bertz CT molecular complexity index is 226. The lowest BCUT2D eigenvalue weighted by Gasteiger charge is -2.21. The van der Waals surface area contributed by atoms with Crippen LogP contribution in [0.3, 0.4) is 0 Å². The van der Waals surface area contributed by atoms with Crippen molar-refractivity contribution in [1.82, 2.24) is 0 Å². The van der Waals surface area contributed by atoms with Gasteiger partial charge in [-0.2, -0.15) is 25.3 Å². The van der Waals surface area contributed by atoms with Crippen LogP contribution in [0.15, 0.2) is 0 Å². The SMILES string of the molecule is OC1C2(CC2)CC2C(S)C21S. The van der Waals surface area contributed by atoms with Crippen LogP contribution in [0, 0.1) is 11.3 Å². The summed E-state index contributed by atoms with van der Waals surface area (Å²) >= 11 is 8.95. The van der Waals surface area contributed by atoms with Gasteiger partial charge in [-0.15, -0.1) is 0 Å². The molecule has 3 aliphatic carbocycles. The molecule has 3 heteroatoms. The van der Waals surface area contributed by atoms with Crippen LogP contribution < -0.4 is 0 Å². The highest BCUT2D eigenvalue weighted by molar-refractivity contribution is 7.87. The summed E-state index contributed by atoms with van der Waals surface area (Å²) in [4.78, 5) is 0. The van der Waals surface area contributed by atoms with Crippen molar-refractivity contribution >= 4 is 25.3 Å². The maximum Gasteiger partial charge on any atom is 0.0754 e. The maximum atomic E-state index is 9.93. The summed E-state index contributed by atoms with van der Waals surface area (Å²) in [6, 6.07) is 0. The van der Waals surface area contributed by atoms with E-state index in [1.165, 1.54) is 19.3 Å². The van der Waals surface area contributed by atoms with Gasteiger partial charge in [0.1, 0.15) is 0 Å². The smallest absolute Gasteiger partial charge is 0.0754 e. The second-order valence-electron chi connectivity index (χ2n) is 4.41. The molecule has 0 bridgehead atoms. The number of aliphatic hydroxyl groups is 1. The van der Waals surface area contributed by atoms with E-state index in [0.29, 0.717) is 16.6 Å². The summed E-state index contributed by atoms with van der Waals surface area (Å²) in [7, 11) is 0. The lowest BCUT2D eigenvalue weighted by atomic mass is 9.97. The molecule has 1 nitrogen and oxygen atoms in total. The molecule has 1 spiro atoms. The molecule has 0 aromatic heterocycles. The van der Waals surface area contributed by atoms with Gasteiger partial charge < -0.3 is 5.11 Å². The van der Waals surface area contributed by atoms with E-state index in [2.05, 4.69) is 25.3 Å². The average molecular weight is 188 g/mol. The van der Waals surface area contributed by atoms with Crippen LogP contribution >= 0.6 is 25.3 Å². The van der Waals surface area contributed by atoms with Crippen LogP contribution in [-0.2, 0) is 0 Å². The number of rotatable bonds is 0. The zero-order valence-electron chi connectivity index (χ0n) is 6.20. The number of hydrogen-bond acceptors (Lipinski definition) is 3. The summed E-state index contributed by atoms with van der Waals surface area (Å²) in [6.45, 7) is 0. The molecular formula is C8H12OS2. The fourth-order valence-electron chi connectivity index (χ4n) is 2.76. The first kappa shape index (κ1) is 7.10. The molecule has 11 heavy (non-hydrogen) atoms. The van der Waals surface area contributed by atoms with Crippen LogP contribution in [0.5, 0.6) is 0 Å². The molecule has 1 N–H and O–H groups in total. The van der Waals surface area contributed by atoms with E-state index in [1.807, 2.05) is 0 Å². The zero-order valence-corrected chi connectivity index (χ0v) is 7.98. The summed E-state index contributed by atoms with van der Waals surface area (Å²) < 4.78 is -0.111. The van der Waals surface area contributed by atoms with Crippen molar-refractivity contribution in [2.45, 2.75) is 35.4 Å². The lowest BCUT2D eigenvalue weighted by molar-refractivity contribution is 0.106. The van der Waals surface area contributed by atoms with Gasteiger partial charge in [0.05, 0.1) is 10.9 Å². The van der Waals surface area contributed by atoms with Crippen molar-refractivity contribution in [3.63, 3.8) is 0 Å². The third-order valence-corrected chi connectivity index (χ3v) is 5.72. The Hall–Kier alpha value is 0.660. The van der Waals surface area contributed by atoms with E-state index in [0.717, 1.165) is 0 Å². The number of aliphatic hydroxyl groups excluding tert-OH is 1. The minimum Gasteiger partial charge on any atom is -0.391 e. The normalized spacial score (nSPS) is 63.0. The van der Waals surface area contributed by atoms with Gasteiger partial charge in [-0.3, -0.25) is 0 Å². The molecule has 0 aliphatic heterocycles. The summed E-state index contributed by atoms with van der Waals surface area (Å²) in [5.74, 6) is 0.590. The molecule has 0 saturated heterocycles. The van der Waals surface area contributed by atoms with Crippen molar-refractivity contribution in [1.29, 1.82) is 0 Å². The largest absolute Gasteiger partial charge is 0.391 e. The monoisotopic (exact) mass is 188 g/mol. The van der Waals surface area contributed by atoms with Crippen molar-refractivity contribution in [3.05, 3.63) is 0 Å². The molecule has 0 amide bonds. The number of hydrogen-bond donors (Lipinski definition) is 3. The van der Waals surface area contributed by atoms with E-state index in [1.54, 1.807) is 0 Å². The van der Waals surface area contributed by atoms with Gasteiger partial charge in [-0.05, 0) is 30.6 Å². The molecule has 62 valence electrons. The predicted molar refractivity (Wildman–Crippen MR) is 50.3 cm³/mol. The van der Waals surface area contributed by atoms with E-state index >= 15 is 0 Å². The second-order valence-corrected chi connectivity index (χ2v) is 5.74. The molecule has 0 heterocycles. The minimum atomic E-state index is -0.175.